The summed E-state index contributed by atoms with van der Waals surface area (Å²) in [4.78, 5) is 4.37. The van der Waals surface area contributed by atoms with Crippen LogP contribution in [0, 0.1) is 22.7 Å². The predicted octanol–water partition coefficient (Wildman–Crippen LogP) is 12.7. The summed E-state index contributed by atoms with van der Waals surface area (Å²) >= 11 is 0. The molecule has 7 aromatic rings. The molecule has 0 unspecified atom stereocenters. The van der Waals surface area contributed by atoms with Crippen LogP contribution in [-0.2, 0) is 0 Å². The molecule has 0 atom stereocenters. The third-order valence-corrected chi connectivity index (χ3v) is 9.37. The Morgan fingerprint density at radius 2 is 0.696 bits per heavy atom. The highest BCUT2D eigenvalue weighted by atomic mass is 16.5. The Morgan fingerprint density at radius 1 is 0.393 bits per heavy atom. The zero-order valence-corrected chi connectivity index (χ0v) is 31.1. The summed E-state index contributed by atoms with van der Waals surface area (Å²) in [5, 5.41) is 20.2. The molecular formula is C50H38N4O2. The molecule has 0 radical (unpaired) electrons. The topological polar surface area (TPSA) is 72.5 Å². The number of ether oxygens (including phenoxy) is 2. The first-order valence-corrected chi connectivity index (χ1v) is 18.1. The van der Waals surface area contributed by atoms with Crippen LogP contribution in [0.2, 0.25) is 0 Å². The van der Waals surface area contributed by atoms with Gasteiger partial charge in [-0.15, -0.1) is 0 Å². The molecule has 0 aliphatic heterocycles. The van der Waals surface area contributed by atoms with Crippen molar-refractivity contribution < 1.29 is 9.47 Å². The van der Waals surface area contributed by atoms with Gasteiger partial charge in [0.2, 0.25) is 0 Å². The summed E-state index contributed by atoms with van der Waals surface area (Å²) in [6, 6.07) is 61.0. The highest BCUT2D eigenvalue weighted by Gasteiger charge is 2.14. The zero-order valence-electron chi connectivity index (χ0n) is 31.1. The van der Waals surface area contributed by atoms with Crippen LogP contribution < -0.4 is 19.3 Å². The third-order valence-electron chi connectivity index (χ3n) is 9.37. The van der Waals surface area contributed by atoms with E-state index in [0.717, 1.165) is 56.8 Å². The number of rotatable bonds is 12. The van der Waals surface area contributed by atoms with E-state index in [1.54, 1.807) is 26.4 Å². The lowest BCUT2D eigenvalue weighted by molar-refractivity contribution is 0.414. The second-order valence-corrected chi connectivity index (χ2v) is 12.8. The fourth-order valence-corrected chi connectivity index (χ4v) is 6.45. The lowest BCUT2D eigenvalue weighted by atomic mass is 9.97. The Labute approximate surface area is 328 Å². The van der Waals surface area contributed by atoms with Crippen molar-refractivity contribution in [2.75, 3.05) is 24.0 Å². The number of hydrogen-bond donors (Lipinski definition) is 0. The third kappa shape index (κ3) is 8.37. The fourth-order valence-electron chi connectivity index (χ4n) is 6.45. The van der Waals surface area contributed by atoms with E-state index in [1.165, 1.54) is 0 Å². The summed E-state index contributed by atoms with van der Waals surface area (Å²) in [5.74, 6) is 1.59. The van der Waals surface area contributed by atoms with Crippen LogP contribution in [0.4, 0.5) is 34.1 Å². The van der Waals surface area contributed by atoms with Gasteiger partial charge < -0.3 is 19.3 Å². The summed E-state index contributed by atoms with van der Waals surface area (Å²) in [5.41, 5.74) is 10.3. The van der Waals surface area contributed by atoms with Crippen LogP contribution in [-0.4, -0.2) is 14.2 Å². The first-order chi connectivity index (χ1) is 27.6. The van der Waals surface area contributed by atoms with E-state index < -0.39 is 0 Å². The van der Waals surface area contributed by atoms with Crippen LogP contribution >= 0.6 is 0 Å². The Hall–Kier alpha value is -7.80. The number of nitriles is 2. The fraction of sp³-hybridized carbons (Fsp3) is 0.0400. The van der Waals surface area contributed by atoms with Crippen molar-refractivity contribution in [1.82, 2.24) is 0 Å². The molecule has 0 amide bonds. The molecule has 0 aromatic heterocycles. The van der Waals surface area contributed by atoms with Crippen molar-refractivity contribution >= 4 is 58.4 Å². The first-order valence-electron chi connectivity index (χ1n) is 18.1. The molecule has 7 rings (SSSR count). The van der Waals surface area contributed by atoms with Crippen molar-refractivity contribution in [1.29, 1.82) is 10.5 Å². The van der Waals surface area contributed by atoms with Crippen LogP contribution in [0.5, 0.6) is 11.5 Å². The quantitative estimate of drug-likeness (QED) is 0.117. The van der Waals surface area contributed by atoms with E-state index >= 15 is 0 Å². The largest absolute Gasteiger partial charge is 0.497 e. The normalized spacial score (nSPS) is 10.9. The highest BCUT2D eigenvalue weighted by Crippen LogP contribution is 2.37. The van der Waals surface area contributed by atoms with Gasteiger partial charge in [0.1, 0.15) is 11.5 Å². The number of benzene rings is 7. The number of nitrogens with zero attached hydrogens (tertiary/aromatic N) is 4. The smallest absolute Gasteiger partial charge is 0.119 e. The van der Waals surface area contributed by atoms with E-state index in [2.05, 4.69) is 70.5 Å². The maximum Gasteiger partial charge on any atom is 0.119 e. The van der Waals surface area contributed by atoms with Crippen LogP contribution in [0.1, 0.15) is 33.4 Å². The van der Waals surface area contributed by atoms with Gasteiger partial charge in [-0.25, -0.2) is 0 Å². The molecule has 6 heteroatoms. The molecule has 0 saturated carbocycles. The van der Waals surface area contributed by atoms with Gasteiger partial charge in [0.15, 0.2) is 0 Å². The molecule has 0 N–H and O–H groups in total. The van der Waals surface area contributed by atoms with Gasteiger partial charge in [0.05, 0.1) is 37.5 Å². The average molecular weight is 727 g/mol. The van der Waals surface area contributed by atoms with Crippen LogP contribution in [0.3, 0.4) is 0 Å². The molecule has 0 fully saturated rings. The average Bonchev–Trinajstić information content (AvgIpc) is 3.27. The number of methoxy groups -OCH3 is 2. The van der Waals surface area contributed by atoms with Crippen molar-refractivity contribution in [3.63, 3.8) is 0 Å². The molecular weight excluding hydrogens is 689 g/mol. The lowest BCUT2D eigenvalue weighted by Gasteiger charge is -2.25. The summed E-state index contributed by atoms with van der Waals surface area (Å²) in [6.45, 7) is 0. The molecule has 0 heterocycles. The molecule has 0 bridgehead atoms. The lowest BCUT2D eigenvalue weighted by Crippen LogP contribution is -2.09. The molecule has 0 aliphatic carbocycles. The number of para-hydroxylation sites is 2. The van der Waals surface area contributed by atoms with Crippen molar-refractivity contribution in [2.24, 2.45) is 0 Å². The number of hydrogen-bond acceptors (Lipinski definition) is 6. The Bertz CT molecular complexity index is 2350. The van der Waals surface area contributed by atoms with Gasteiger partial charge >= 0.3 is 0 Å². The maximum atomic E-state index is 10.1. The summed E-state index contributed by atoms with van der Waals surface area (Å²) in [7, 11) is 3.32. The van der Waals surface area contributed by atoms with Gasteiger partial charge in [0, 0.05) is 34.1 Å². The Kier molecular flexibility index (Phi) is 11.3. The van der Waals surface area contributed by atoms with Crippen LogP contribution in [0.25, 0.3) is 24.3 Å². The highest BCUT2D eigenvalue weighted by molar-refractivity contribution is 5.82. The van der Waals surface area contributed by atoms with E-state index in [4.69, 9.17) is 9.47 Å². The minimum Gasteiger partial charge on any atom is -0.497 e. The SMILES string of the molecule is COc1ccc(N(c2ccccc2)c2ccc(C=Cc3cc(C#N)c(C=Cc4ccc(N(c5ccccc5)c5ccc(OC)cc5)cc4)cc3C#N)cc2)cc1. The van der Waals surface area contributed by atoms with Gasteiger partial charge in [-0.1, -0.05) is 85.0 Å². The standard InChI is InChI=1S/C50H38N4O2/c1-55-49-29-25-47(26-30-49)53(43-9-5-3-6-10-43)45-21-15-37(16-22-45)13-19-39-33-42(36-52)40(34-41(39)35-51)20-14-38-17-23-46(24-18-38)54(44-11-7-4-8-12-44)48-27-31-50(56-2)32-28-48/h3-34H,1-2H3. The predicted molar refractivity (Wildman–Crippen MR) is 229 cm³/mol. The minimum absolute atomic E-state index is 0.486. The van der Waals surface area contributed by atoms with Gasteiger partial charge in [-0.05, 0) is 131 Å². The van der Waals surface area contributed by atoms with Crippen molar-refractivity contribution in [3.05, 3.63) is 203 Å². The van der Waals surface area contributed by atoms with Crippen LogP contribution in [0.15, 0.2) is 170 Å². The molecule has 0 aliphatic rings. The molecule has 7 aromatic carbocycles. The second kappa shape index (κ2) is 17.4. The Morgan fingerprint density at radius 3 is 1.00 bits per heavy atom. The molecule has 6 nitrogen and oxygen atoms in total. The van der Waals surface area contributed by atoms with Crippen molar-refractivity contribution in [2.45, 2.75) is 0 Å². The van der Waals surface area contributed by atoms with E-state index in [0.29, 0.717) is 22.3 Å². The zero-order chi connectivity index (χ0) is 38.7. The minimum atomic E-state index is 0.486. The maximum absolute atomic E-state index is 10.1. The van der Waals surface area contributed by atoms with Gasteiger partial charge in [0.25, 0.3) is 0 Å². The van der Waals surface area contributed by atoms with Crippen molar-refractivity contribution in [3.8, 4) is 23.6 Å². The second-order valence-electron chi connectivity index (χ2n) is 12.8. The molecule has 0 saturated heterocycles. The number of anilines is 6. The Balaban J connectivity index is 1.10. The van der Waals surface area contributed by atoms with E-state index in [9.17, 15) is 10.5 Å². The summed E-state index contributed by atoms with van der Waals surface area (Å²) < 4.78 is 10.7. The van der Waals surface area contributed by atoms with Gasteiger partial charge in [-0.3, -0.25) is 0 Å². The molecule has 0 spiro atoms. The van der Waals surface area contributed by atoms with E-state index in [-0.39, 0.29) is 0 Å². The monoisotopic (exact) mass is 726 g/mol. The molecule has 270 valence electrons. The van der Waals surface area contributed by atoms with Gasteiger partial charge in [-0.2, -0.15) is 10.5 Å². The summed E-state index contributed by atoms with van der Waals surface area (Å²) in [6.07, 6.45) is 7.70. The molecule has 56 heavy (non-hydrogen) atoms. The first kappa shape index (κ1) is 36.6. The van der Waals surface area contributed by atoms with E-state index in [1.807, 2.05) is 133 Å².